The summed E-state index contributed by atoms with van der Waals surface area (Å²) in [6.07, 6.45) is 2.28. The highest BCUT2D eigenvalue weighted by molar-refractivity contribution is 6.18. The van der Waals surface area contributed by atoms with E-state index in [1.165, 1.54) is 11.1 Å². The standard InChI is InChI=1S/C17H22ClNO/c1-11(2)19(10-9-18)17(20)16-14-8-7-12-5-3-4-6-13(12)15(14)16/h3-6,11,14-16H,7-10H2,1-2H3. The highest BCUT2D eigenvalue weighted by Gasteiger charge is 2.57. The van der Waals surface area contributed by atoms with Crippen LogP contribution in [-0.2, 0) is 11.2 Å². The molecule has 0 saturated heterocycles. The van der Waals surface area contributed by atoms with Crippen molar-refractivity contribution >= 4 is 17.5 Å². The molecule has 0 heterocycles. The molecule has 0 aliphatic heterocycles. The van der Waals surface area contributed by atoms with E-state index in [1.54, 1.807) is 0 Å². The SMILES string of the molecule is CC(C)N(CCCl)C(=O)C1C2CCc3ccccc3C21. The molecule has 108 valence electrons. The fourth-order valence-corrected chi connectivity index (χ4v) is 3.99. The lowest BCUT2D eigenvalue weighted by molar-refractivity contribution is -0.134. The molecule has 3 atom stereocenters. The van der Waals surface area contributed by atoms with Crippen LogP contribution >= 0.6 is 11.6 Å². The topological polar surface area (TPSA) is 20.3 Å². The van der Waals surface area contributed by atoms with Crippen LogP contribution in [0.4, 0.5) is 0 Å². The maximum Gasteiger partial charge on any atom is 0.226 e. The Morgan fingerprint density at radius 2 is 2.15 bits per heavy atom. The molecule has 0 bridgehead atoms. The first kappa shape index (κ1) is 13.9. The van der Waals surface area contributed by atoms with Gasteiger partial charge in [-0.3, -0.25) is 4.79 Å². The monoisotopic (exact) mass is 291 g/mol. The average molecular weight is 292 g/mol. The Morgan fingerprint density at radius 1 is 1.40 bits per heavy atom. The first-order valence-corrected chi connectivity index (χ1v) is 8.13. The molecule has 0 aromatic heterocycles. The lowest BCUT2D eigenvalue weighted by atomic mass is 9.92. The Hall–Kier alpha value is -1.02. The number of carbonyl (C=O) groups excluding carboxylic acids is 1. The third-order valence-corrected chi connectivity index (χ3v) is 5.02. The molecule has 1 fully saturated rings. The maximum atomic E-state index is 12.8. The van der Waals surface area contributed by atoms with E-state index in [0.29, 0.717) is 30.2 Å². The maximum absolute atomic E-state index is 12.8. The van der Waals surface area contributed by atoms with Crippen LogP contribution in [0.3, 0.4) is 0 Å². The van der Waals surface area contributed by atoms with E-state index in [9.17, 15) is 4.79 Å². The normalized spacial score (nSPS) is 26.9. The van der Waals surface area contributed by atoms with Crippen molar-refractivity contribution in [2.75, 3.05) is 12.4 Å². The molecule has 1 amide bonds. The van der Waals surface area contributed by atoms with Gasteiger partial charge in [0.25, 0.3) is 0 Å². The second kappa shape index (κ2) is 5.40. The number of amides is 1. The van der Waals surface area contributed by atoms with Gasteiger partial charge in [-0.05, 0) is 49.7 Å². The molecule has 3 rings (SSSR count). The summed E-state index contributed by atoms with van der Waals surface area (Å²) >= 11 is 5.85. The number of benzene rings is 1. The first-order chi connectivity index (χ1) is 9.65. The number of nitrogens with zero attached hydrogens (tertiary/aromatic N) is 1. The van der Waals surface area contributed by atoms with Crippen LogP contribution in [0.5, 0.6) is 0 Å². The van der Waals surface area contributed by atoms with Crippen molar-refractivity contribution < 1.29 is 4.79 Å². The van der Waals surface area contributed by atoms with Crippen LogP contribution in [0.1, 0.15) is 37.3 Å². The van der Waals surface area contributed by atoms with Crippen molar-refractivity contribution in [2.45, 2.75) is 38.6 Å². The third kappa shape index (κ3) is 2.24. The minimum absolute atomic E-state index is 0.198. The van der Waals surface area contributed by atoms with Crippen LogP contribution in [0.2, 0.25) is 0 Å². The molecule has 1 saturated carbocycles. The summed E-state index contributed by atoms with van der Waals surface area (Å²) < 4.78 is 0. The van der Waals surface area contributed by atoms with E-state index in [-0.39, 0.29) is 12.0 Å². The zero-order chi connectivity index (χ0) is 14.3. The van der Waals surface area contributed by atoms with Crippen molar-refractivity contribution in [3.8, 4) is 0 Å². The second-order valence-electron chi connectivity index (χ2n) is 6.27. The van der Waals surface area contributed by atoms with Crippen molar-refractivity contribution in [1.29, 1.82) is 0 Å². The van der Waals surface area contributed by atoms with Gasteiger partial charge in [-0.1, -0.05) is 24.3 Å². The summed E-state index contributed by atoms with van der Waals surface area (Å²) in [5, 5.41) is 0. The minimum atomic E-state index is 0.198. The van der Waals surface area contributed by atoms with Crippen LogP contribution in [0, 0.1) is 11.8 Å². The summed E-state index contributed by atoms with van der Waals surface area (Å²) in [5.41, 5.74) is 2.86. The summed E-state index contributed by atoms with van der Waals surface area (Å²) in [4.78, 5) is 14.7. The zero-order valence-corrected chi connectivity index (χ0v) is 12.9. The summed E-state index contributed by atoms with van der Waals surface area (Å²) in [7, 11) is 0. The largest absolute Gasteiger partial charge is 0.339 e. The minimum Gasteiger partial charge on any atom is -0.339 e. The average Bonchev–Trinajstić information content (AvgIpc) is 3.18. The number of halogens is 1. The van der Waals surface area contributed by atoms with Crippen molar-refractivity contribution in [1.82, 2.24) is 4.90 Å². The van der Waals surface area contributed by atoms with Gasteiger partial charge in [0.15, 0.2) is 0 Å². The van der Waals surface area contributed by atoms with Crippen LogP contribution in [0.15, 0.2) is 24.3 Å². The highest BCUT2D eigenvalue weighted by Crippen LogP contribution is 2.60. The van der Waals surface area contributed by atoms with Gasteiger partial charge in [-0.2, -0.15) is 0 Å². The van der Waals surface area contributed by atoms with Crippen molar-refractivity contribution in [3.05, 3.63) is 35.4 Å². The fraction of sp³-hybridized carbons (Fsp3) is 0.588. The number of hydrogen-bond acceptors (Lipinski definition) is 1. The predicted octanol–water partition coefficient (Wildman–Crippen LogP) is 3.44. The van der Waals surface area contributed by atoms with Gasteiger partial charge in [-0.15, -0.1) is 11.6 Å². The number of alkyl halides is 1. The third-order valence-electron chi connectivity index (χ3n) is 4.85. The molecule has 3 heteroatoms. The number of carbonyl (C=O) groups is 1. The Bertz CT molecular complexity index is 513. The molecular formula is C17H22ClNO. The van der Waals surface area contributed by atoms with Crippen molar-refractivity contribution in [2.24, 2.45) is 11.8 Å². The molecule has 1 aromatic rings. The van der Waals surface area contributed by atoms with Crippen LogP contribution in [0.25, 0.3) is 0 Å². The summed E-state index contributed by atoms with van der Waals surface area (Å²) in [6, 6.07) is 8.86. The van der Waals surface area contributed by atoms with E-state index < -0.39 is 0 Å². The second-order valence-corrected chi connectivity index (χ2v) is 6.65. The van der Waals surface area contributed by atoms with Crippen molar-refractivity contribution in [3.63, 3.8) is 0 Å². The van der Waals surface area contributed by atoms with E-state index >= 15 is 0 Å². The molecule has 2 nitrogen and oxygen atoms in total. The molecule has 0 spiro atoms. The summed E-state index contributed by atoms with van der Waals surface area (Å²) in [6.45, 7) is 4.81. The molecule has 2 aliphatic rings. The van der Waals surface area contributed by atoms with E-state index in [0.717, 1.165) is 12.8 Å². The smallest absolute Gasteiger partial charge is 0.226 e. The number of aryl methyl sites for hydroxylation is 1. The summed E-state index contributed by atoms with van der Waals surface area (Å²) in [5.74, 6) is 2.05. The van der Waals surface area contributed by atoms with Gasteiger partial charge >= 0.3 is 0 Å². The van der Waals surface area contributed by atoms with Gasteiger partial charge in [0.05, 0.1) is 0 Å². The Labute approximate surface area is 126 Å². The van der Waals surface area contributed by atoms with Crippen LogP contribution in [-0.4, -0.2) is 29.3 Å². The fourth-order valence-electron chi connectivity index (χ4n) is 3.81. The number of rotatable bonds is 4. The van der Waals surface area contributed by atoms with E-state index in [2.05, 4.69) is 38.1 Å². The highest BCUT2D eigenvalue weighted by atomic mass is 35.5. The molecular weight excluding hydrogens is 270 g/mol. The van der Waals surface area contributed by atoms with Gasteiger partial charge < -0.3 is 4.90 Å². The van der Waals surface area contributed by atoms with E-state index in [4.69, 9.17) is 11.6 Å². The molecule has 0 N–H and O–H groups in total. The molecule has 1 aromatic carbocycles. The Balaban J connectivity index is 1.80. The number of hydrogen-bond donors (Lipinski definition) is 0. The van der Waals surface area contributed by atoms with E-state index in [1.807, 2.05) is 4.90 Å². The van der Waals surface area contributed by atoms with Gasteiger partial charge in [-0.25, -0.2) is 0 Å². The molecule has 20 heavy (non-hydrogen) atoms. The molecule has 3 unspecified atom stereocenters. The van der Waals surface area contributed by atoms with Crippen LogP contribution < -0.4 is 0 Å². The predicted molar refractivity (Wildman–Crippen MR) is 82.1 cm³/mol. The lowest BCUT2D eigenvalue weighted by Gasteiger charge is -2.26. The lowest BCUT2D eigenvalue weighted by Crippen LogP contribution is -2.39. The Morgan fingerprint density at radius 3 is 2.85 bits per heavy atom. The zero-order valence-electron chi connectivity index (χ0n) is 12.2. The van der Waals surface area contributed by atoms with Gasteiger partial charge in [0, 0.05) is 24.4 Å². The Kier molecular flexibility index (Phi) is 3.76. The first-order valence-electron chi connectivity index (χ1n) is 7.59. The number of fused-ring (bicyclic) bond motifs is 3. The van der Waals surface area contributed by atoms with Gasteiger partial charge in [0.1, 0.15) is 0 Å². The quantitative estimate of drug-likeness (QED) is 0.778. The van der Waals surface area contributed by atoms with Gasteiger partial charge in [0.2, 0.25) is 5.91 Å². The molecule has 0 radical (unpaired) electrons. The molecule has 2 aliphatic carbocycles.